The minimum atomic E-state index is -0.377. The highest BCUT2D eigenvalue weighted by atomic mass is 19.1. The second-order valence-corrected chi connectivity index (χ2v) is 8.84. The number of anilines is 1. The highest BCUT2D eigenvalue weighted by Gasteiger charge is 2.43. The number of rotatable bonds is 9. The minimum absolute atomic E-state index is 0.0973. The van der Waals surface area contributed by atoms with Crippen LogP contribution in [0.5, 0.6) is 5.75 Å². The van der Waals surface area contributed by atoms with E-state index >= 15 is 0 Å². The van der Waals surface area contributed by atoms with E-state index in [9.17, 15) is 9.18 Å². The van der Waals surface area contributed by atoms with Crippen molar-refractivity contribution in [2.24, 2.45) is 17.8 Å². The molecule has 1 saturated heterocycles. The summed E-state index contributed by atoms with van der Waals surface area (Å²) < 4.78 is 25.0. The fraction of sp³-hybridized carbons (Fsp3) is 0.609. The molecule has 0 amide bonds. The number of carbonyl (C=O) groups is 1. The van der Waals surface area contributed by atoms with Crippen molar-refractivity contribution >= 4 is 12.3 Å². The van der Waals surface area contributed by atoms with Crippen LogP contribution in [0.2, 0.25) is 0 Å². The normalized spacial score (nSPS) is 21.8. The summed E-state index contributed by atoms with van der Waals surface area (Å²) >= 11 is 0. The van der Waals surface area contributed by atoms with Crippen molar-refractivity contribution in [1.29, 1.82) is 0 Å². The van der Waals surface area contributed by atoms with E-state index in [0.29, 0.717) is 36.1 Å². The topological polar surface area (TPSA) is 68.5 Å². The van der Waals surface area contributed by atoms with Crippen molar-refractivity contribution in [2.45, 2.75) is 51.9 Å². The Morgan fingerprint density at radius 3 is 2.80 bits per heavy atom. The van der Waals surface area contributed by atoms with Gasteiger partial charge in [-0.05, 0) is 55.1 Å². The van der Waals surface area contributed by atoms with Crippen LogP contribution in [0.1, 0.15) is 56.8 Å². The quantitative estimate of drug-likeness (QED) is 0.566. The van der Waals surface area contributed by atoms with Gasteiger partial charge in [0, 0.05) is 31.5 Å². The summed E-state index contributed by atoms with van der Waals surface area (Å²) in [6.07, 6.45) is 5.39. The van der Waals surface area contributed by atoms with Crippen LogP contribution in [0, 0.1) is 23.6 Å². The Balaban J connectivity index is 1.18. The smallest absolute Gasteiger partial charge is 0.324 e. The highest BCUT2D eigenvalue weighted by Crippen LogP contribution is 2.50. The number of halogens is 1. The summed E-state index contributed by atoms with van der Waals surface area (Å²) in [5.74, 6) is 3.44. The molecule has 0 N–H and O–H groups in total. The largest absolute Gasteiger partial charge is 0.493 e. The highest BCUT2D eigenvalue weighted by molar-refractivity contribution is 5.55. The third-order valence-electron chi connectivity index (χ3n) is 6.43. The Morgan fingerprint density at radius 2 is 2.13 bits per heavy atom. The van der Waals surface area contributed by atoms with E-state index in [1.54, 1.807) is 12.1 Å². The molecule has 1 aromatic carbocycles. The lowest BCUT2D eigenvalue weighted by atomic mass is 9.90. The van der Waals surface area contributed by atoms with Crippen LogP contribution in [0.25, 0.3) is 0 Å². The van der Waals surface area contributed by atoms with E-state index in [-0.39, 0.29) is 18.2 Å². The summed E-state index contributed by atoms with van der Waals surface area (Å²) in [6.45, 7) is 6.67. The number of piperidine rings is 1. The molecule has 4 rings (SSSR count). The summed E-state index contributed by atoms with van der Waals surface area (Å²) in [5.41, 5.74) is 0.409. The second-order valence-electron chi connectivity index (χ2n) is 8.84. The zero-order chi connectivity index (χ0) is 21.1. The minimum Gasteiger partial charge on any atom is -0.493 e. The number of nitrogens with zero attached hydrogens (tertiary/aromatic N) is 3. The van der Waals surface area contributed by atoms with E-state index in [2.05, 4.69) is 28.9 Å². The molecule has 0 bridgehead atoms. The molecule has 2 unspecified atom stereocenters. The predicted molar refractivity (Wildman–Crippen MR) is 111 cm³/mol. The summed E-state index contributed by atoms with van der Waals surface area (Å²) in [7, 11) is 0. The summed E-state index contributed by atoms with van der Waals surface area (Å²) in [6, 6.07) is 5.40. The van der Waals surface area contributed by atoms with E-state index in [4.69, 9.17) is 9.26 Å². The molecular formula is C23H30FN3O3. The Hall–Kier alpha value is -2.44. The number of benzene rings is 1. The van der Waals surface area contributed by atoms with Crippen LogP contribution < -0.4 is 9.64 Å². The Morgan fingerprint density at radius 1 is 1.33 bits per heavy atom. The van der Waals surface area contributed by atoms with Crippen LogP contribution >= 0.6 is 0 Å². The Kier molecular flexibility index (Phi) is 6.35. The molecular weight excluding hydrogens is 385 g/mol. The average Bonchev–Trinajstić information content (AvgIpc) is 3.33. The van der Waals surface area contributed by atoms with Gasteiger partial charge in [-0.25, -0.2) is 4.39 Å². The third kappa shape index (κ3) is 4.82. The molecule has 2 aromatic rings. The van der Waals surface area contributed by atoms with E-state index in [1.807, 2.05) is 0 Å². The monoisotopic (exact) mass is 415 g/mol. The number of carbonyl (C=O) groups excluding carboxylic acids is 1. The van der Waals surface area contributed by atoms with Gasteiger partial charge in [0.15, 0.2) is 5.82 Å². The maximum absolute atomic E-state index is 13.9. The fourth-order valence-corrected chi connectivity index (χ4v) is 4.49. The Bertz CT molecular complexity index is 861. The van der Waals surface area contributed by atoms with Gasteiger partial charge in [0.2, 0.25) is 0 Å². The summed E-state index contributed by atoms with van der Waals surface area (Å²) in [4.78, 5) is 17.3. The average molecular weight is 416 g/mol. The van der Waals surface area contributed by atoms with Gasteiger partial charge in [-0.15, -0.1) is 0 Å². The molecule has 0 spiro atoms. The predicted octanol–water partition coefficient (Wildman–Crippen LogP) is 4.40. The molecule has 1 aliphatic carbocycles. The molecule has 6 nitrogen and oxygen atoms in total. The number of aldehydes is 1. The van der Waals surface area contributed by atoms with Crippen LogP contribution in [-0.4, -0.2) is 36.1 Å². The first kappa shape index (κ1) is 20.8. The lowest BCUT2D eigenvalue weighted by molar-refractivity contribution is -0.107. The van der Waals surface area contributed by atoms with Crippen LogP contribution in [-0.2, 0) is 11.2 Å². The first-order valence-electron chi connectivity index (χ1n) is 11.0. The van der Waals surface area contributed by atoms with Crippen molar-refractivity contribution in [2.75, 3.05) is 24.6 Å². The van der Waals surface area contributed by atoms with Gasteiger partial charge >= 0.3 is 6.01 Å². The number of hydrogen-bond donors (Lipinski definition) is 0. The molecule has 1 aromatic heterocycles. The number of hydrogen-bond acceptors (Lipinski definition) is 6. The van der Waals surface area contributed by atoms with Crippen LogP contribution in [0.4, 0.5) is 10.4 Å². The lowest BCUT2D eigenvalue weighted by Gasteiger charge is -2.30. The molecule has 0 radical (unpaired) electrons. The van der Waals surface area contributed by atoms with Crippen molar-refractivity contribution in [3.8, 4) is 5.75 Å². The fourth-order valence-electron chi connectivity index (χ4n) is 4.49. The summed E-state index contributed by atoms with van der Waals surface area (Å²) in [5, 5.41) is 4.07. The molecule has 2 fully saturated rings. The molecule has 1 aliphatic heterocycles. The zero-order valence-electron chi connectivity index (χ0n) is 17.7. The SMILES string of the molecule is CC(C)c1noc(N2CCC(C3CC3CCOc3ccc(CC=O)c(F)c3)CC2)n1. The van der Waals surface area contributed by atoms with Crippen molar-refractivity contribution in [3.63, 3.8) is 0 Å². The second kappa shape index (κ2) is 9.14. The standard InChI is InChI=1S/C23H30FN3O3/c1-15(2)22-25-23(30-26-22)27-9-5-16(6-10-27)20-13-18(20)8-12-29-19-4-3-17(7-11-28)21(24)14-19/h3-4,11,14-16,18,20H,5-10,12-13H2,1-2H3. The van der Waals surface area contributed by atoms with Crippen molar-refractivity contribution < 1.29 is 18.4 Å². The van der Waals surface area contributed by atoms with Gasteiger partial charge in [-0.3, -0.25) is 0 Å². The molecule has 1 saturated carbocycles. The van der Waals surface area contributed by atoms with Crippen molar-refractivity contribution in [1.82, 2.24) is 10.1 Å². The first-order valence-corrected chi connectivity index (χ1v) is 11.0. The third-order valence-corrected chi connectivity index (χ3v) is 6.43. The van der Waals surface area contributed by atoms with Crippen molar-refractivity contribution in [3.05, 3.63) is 35.4 Å². The maximum Gasteiger partial charge on any atom is 0.324 e. The molecule has 162 valence electrons. The first-order chi connectivity index (χ1) is 14.5. The van der Waals surface area contributed by atoms with Gasteiger partial charge < -0.3 is 19.0 Å². The van der Waals surface area contributed by atoms with Gasteiger partial charge in [0.1, 0.15) is 17.9 Å². The van der Waals surface area contributed by atoms with Gasteiger partial charge in [0.05, 0.1) is 6.61 Å². The van der Waals surface area contributed by atoms with Gasteiger partial charge in [-0.1, -0.05) is 25.1 Å². The van der Waals surface area contributed by atoms with E-state index < -0.39 is 0 Å². The molecule has 7 heteroatoms. The lowest BCUT2D eigenvalue weighted by Crippen LogP contribution is -2.34. The zero-order valence-corrected chi connectivity index (χ0v) is 17.7. The molecule has 30 heavy (non-hydrogen) atoms. The van der Waals surface area contributed by atoms with E-state index in [0.717, 1.165) is 50.0 Å². The Labute approximate surface area is 176 Å². The maximum atomic E-state index is 13.9. The van der Waals surface area contributed by atoms with Crippen LogP contribution in [0.15, 0.2) is 22.7 Å². The van der Waals surface area contributed by atoms with E-state index in [1.165, 1.54) is 12.5 Å². The van der Waals surface area contributed by atoms with Crippen LogP contribution in [0.3, 0.4) is 0 Å². The number of aromatic nitrogens is 2. The van der Waals surface area contributed by atoms with Gasteiger partial charge in [-0.2, -0.15) is 4.98 Å². The molecule has 2 aliphatic rings. The van der Waals surface area contributed by atoms with Gasteiger partial charge in [0.25, 0.3) is 0 Å². The molecule has 2 heterocycles. The molecule has 2 atom stereocenters. The number of ether oxygens (including phenoxy) is 1.